The Balaban J connectivity index is 1.08. The molecule has 0 spiro atoms. The molecule has 0 bridgehead atoms. The standard InChI is InChI=1S/C40H55N7O8/c1-47(39(42)35-15-17-43-29-45-35)37(41)28-44-31-11-9-10-30(26-31)40(50)46-34-16-21-55-36-14-13-32(27-33(34)36)54-20-8-3-2-6-18-51-22-24-53-25-23-52-19-7-4-5-12-38(48)49/h9-11,13-15,17,26-27,29,34,41-42,44H,2-8,12,16,18-25,28H2,1H3,(H,46,50)(H,48,49)/t34-/m0/s1. The molecule has 1 amide bonds. The Labute approximate surface area is 323 Å². The third-order valence-corrected chi connectivity index (χ3v) is 8.85. The molecule has 0 fully saturated rings. The molecule has 1 atom stereocenters. The van der Waals surface area contributed by atoms with E-state index in [9.17, 15) is 9.59 Å². The Morgan fingerprint density at radius 3 is 2.31 bits per heavy atom. The fourth-order valence-corrected chi connectivity index (χ4v) is 5.71. The highest BCUT2D eigenvalue weighted by molar-refractivity contribution is 6.06. The van der Waals surface area contributed by atoms with Crippen molar-refractivity contribution in [1.82, 2.24) is 20.2 Å². The molecule has 4 rings (SSSR count). The number of anilines is 1. The summed E-state index contributed by atoms with van der Waals surface area (Å²) in [5, 5.41) is 31.7. The monoisotopic (exact) mass is 761 g/mol. The quantitative estimate of drug-likeness (QED) is 0.0380. The van der Waals surface area contributed by atoms with Gasteiger partial charge < -0.3 is 44.3 Å². The van der Waals surface area contributed by atoms with E-state index in [1.54, 1.807) is 37.5 Å². The molecule has 298 valence electrons. The molecule has 1 aliphatic heterocycles. The van der Waals surface area contributed by atoms with E-state index >= 15 is 0 Å². The van der Waals surface area contributed by atoms with Crippen LogP contribution in [-0.2, 0) is 19.0 Å². The van der Waals surface area contributed by atoms with Gasteiger partial charge in [-0.15, -0.1) is 0 Å². The van der Waals surface area contributed by atoms with Gasteiger partial charge in [0, 0.05) is 56.1 Å². The Bertz CT molecular complexity index is 1640. The van der Waals surface area contributed by atoms with Crippen LogP contribution in [0.2, 0.25) is 0 Å². The summed E-state index contributed by atoms with van der Waals surface area (Å²) in [6.45, 7) is 4.68. The van der Waals surface area contributed by atoms with E-state index in [2.05, 4.69) is 20.6 Å². The van der Waals surface area contributed by atoms with Crippen molar-refractivity contribution in [3.8, 4) is 11.5 Å². The number of carbonyl (C=O) groups excluding carboxylic acids is 1. The van der Waals surface area contributed by atoms with Crippen LogP contribution >= 0.6 is 0 Å². The second-order valence-corrected chi connectivity index (χ2v) is 13.1. The molecule has 0 unspecified atom stereocenters. The van der Waals surface area contributed by atoms with Crippen molar-refractivity contribution in [3.63, 3.8) is 0 Å². The molecule has 5 N–H and O–H groups in total. The smallest absolute Gasteiger partial charge is 0.303 e. The van der Waals surface area contributed by atoms with Crippen LogP contribution in [0.1, 0.15) is 85.4 Å². The summed E-state index contributed by atoms with van der Waals surface area (Å²) in [5.74, 6) is 0.751. The first kappa shape index (κ1) is 42.6. The van der Waals surface area contributed by atoms with E-state index in [0.29, 0.717) is 82.6 Å². The number of fused-ring (bicyclic) bond motifs is 1. The molecule has 0 saturated carbocycles. The van der Waals surface area contributed by atoms with Gasteiger partial charge in [0.1, 0.15) is 29.4 Å². The van der Waals surface area contributed by atoms with Crippen LogP contribution < -0.4 is 20.1 Å². The number of rotatable bonds is 26. The van der Waals surface area contributed by atoms with Gasteiger partial charge in [-0.2, -0.15) is 0 Å². The molecular weight excluding hydrogens is 706 g/mol. The van der Waals surface area contributed by atoms with Crippen LogP contribution in [0.25, 0.3) is 0 Å². The lowest BCUT2D eigenvalue weighted by atomic mass is 9.99. The molecule has 2 aromatic carbocycles. The van der Waals surface area contributed by atoms with E-state index in [0.717, 1.165) is 55.6 Å². The van der Waals surface area contributed by atoms with Crippen molar-refractivity contribution in [1.29, 1.82) is 10.8 Å². The van der Waals surface area contributed by atoms with Crippen molar-refractivity contribution in [3.05, 3.63) is 77.9 Å². The lowest BCUT2D eigenvalue weighted by Crippen LogP contribution is -2.37. The minimum atomic E-state index is -0.752. The van der Waals surface area contributed by atoms with Gasteiger partial charge in [-0.05, 0) is 74.6 Å². The zero-order valence-electron chi connectivity index (χ0n) is 31.7. The zero-order chi connectivity index (χ0) is 39.1. The van der Waals surface area contributed by atoms with Gasteiger partial charge in [-0.3, -0.25) is 20.4 Å². The number of nitrogens with zero attached hydrogens (tertiary/aromatic N) is 3. The minimum absolute atomic E-state index is 0.0872. The number of carbonyl (C=O) groups is 2. The van der Waals surface area contributed by atoms with Crippen LogP contribution in [0.4, 0.5) is 5.69 Å². The summed E-state index contributed by atoms with van der Waals surface area (Å²) >= 11 is 0. The average molecular weight is 762 g/mol. The lowest BCUT2D eigenvalue weighted by Gasteiger charge is -2.27. The first-order valence-corrected chi connectivity index (χ1v) is 19.0. The summed E-state index contributed by atoms with van der Waals surface area (Å²) in [7, 11) is 1.64. The van der Waals surface area contributed by atoms with Gasteiger partial charge in [-0.1, -0.05) is 18.9 Å². The molecule has 0 radical (unpaired) electrons. The fourth-order valence-electron chi connectivity index (χ4n) is 5.71. The first-order valence-electron chi connectivity index (χ1n) is 19.0. The number of amidine groups is 2. The van der Waals surface area contributed by atoms with Gasteiger partial charge in [0.05, 0.1) is 52.2 Å². The predicted octanol–water partition coefficient (Wildman–Crippen LogP) is 5.71. The summed E-state index contributed by atoms with van der Waals surface area (Å²) in [5.41, 5.74) is 2.47. The van der Waals surface area contributed by atoms with Crippen molar-refractivity contribution in [2.24, 2.45) is 0 Å². The highest BCUT2D eigenvalue weighted by Crippen LogP contribution is 2.35. The number of amides is 1. The number of aliphatic carboxylic acids is 1. The number of ether oxygens (including phenoxy) is 5. The van der Waals surface area contributed by atoms with Crippen LogP contribution in [0.3, 0.4) is 0 Å². The van der Waals surface area contributed by atoms with E-state index in [1.807, 2.05) is 24.3 Å². The topological polar surface area (TPSA) is 201 Å². The van der Waals surface area contributed by atoms with E-state index < -0.39 is 5.97 Å². The first-order chi connectivity index (χ1) is 26.8. The van der Waals surface area contributed by atoms with Crippen LogP contribution in [0, 0.1) is 10.8 Å². The number of unbranched alkanes of at least 4 members (excludes halogenated alkanes) is 5. The van der Waals surface area contributed by atoms with E-state index in [1.165, 1.54) is 11.2 Å². The summed E-state index contributed by atoms with van der Waals surface area (Å²) in [4.78, 5) is 33.3. The van der Waals surface area contributed by atoms with Crippen molar-refractivity contribution < 1.29 is 38.4 Å². The maximum absolute atomic E-state index is 13.4. The summed E-state index contributed by atoms with van der Waals surface area (Å²) < 4.78 is 28.6. The van der Waals surface area contributed by atoms with E-state index in [-0.39, 0.29) is 36.6 Å². The van der Waals surface area contributed by atoms with Gasteiger partial charge in [-0.25, -0.2) is 9.97 Å². The lowest BCUT2D eigenvalue weighted by molar-refractivity contribution is -0.137. The highest BCUT2D eigenvalue weighted by Gasteiger charge is 2.24. The predicted molar refractivity (Wildman–Crippen MR) is 209 cm³/mol. The Morgan fingerprint density at radius 2 is 1.60 bits per heavy atom. The molecule has 15 heteroatoms. The van der Waals surface area contributed by atoms with Gasteiger partial charge in [0.15, 0.2) is 5.84 Å². The number of carboxylic acids is 1. The highest BCUT2D eigenvalue weighted by atomic mass is 16.5. The zero-order valence-corrected chi connectivity index (χ0v) is 31.7. The normalized spacial score (nSPS) is 13.3. The van der Waals surface area contributed by atoms with Gasteiger partial charge in [0.25, 0.3) is 5.91 Å². The second kappa shape index (κ2) is 24.3. The molecule has 0 aliphatic carbocycles. The van der Waals surface area contributed by atoms with Crippen molar-refractivity contribution in [2.75, 3.05) is 71.8 Å². The largest absolute Gasteiger partial charge is 0.494 e. The molecule has 15 nitrogen and oxygen atoms in total. The van der Waals surface area contributed by atoms with Crippen LogP contribution in [0.5, 0.6) is 11.5 Å². The number of aromatic nitrogens is 2. The average Bonchev–Trinajstić information content (AvgIpc) is 3.20. The molecular formula is C40H55N7O8. The molecule has 3 aromatic rings. The summed E-state index contributed by atoms with van der Waals surface area (Å²) in [6, 6.07) is 14.2. The van der Waals surface area contributed by atoms with Crippen molar-refractivity contribution in [2.45, 2.75) is 63.8 Å². The molecule has 1 aromatic heterocycles. The Hall–Kier alpha value is -5.12. The fraction of sp³-hybridized carbons (Fsp3) is 0.500. The number of carboxylic acid groups (broad SMARTS) is 1. The number of nitrogens with one attached hydrogen (secondary N) is 4. The van der Waals surface area contributed by atoms with Gasteiger partial charge >= 0.3 is 5.97 Å². The number of hydrogen-bond donors (Lipinski definition) is 5. The minimum Gasteiger partial charge on any atom is -0.494 e. The Morgan fingerprint density at radius 1 is 0.891 bits per heavy atom. The molecule has 55 heavy (non-hydrogen) atoms. The Kier molecular flexibility index (Phi) is 18.8. The maximum Gasteiger partial charge on any atom is 0.303 e. The number of benzene rings is 2. The third kappa shape index (κ3) is 15.6. The second-order valence-electron chi connectivity index (χ2n) is 13.1. The summed E-state index contributed by atoms with van der Waals surface area (Å²) in [6.07, 6.45) is 10.1. The SMILES string of the molecule is CN(C(=N)CNc1cccc(C(=O)N[C@H]2CCOc3ccc(OCCCCCCOCCOCCOCCCCCC(=O)O)cc32)c1)C(=N)c1ccncn1. The van der Waals surface area contributed by atoms with E-state index in [4.69, 9.17) is 39.6 Å². The molecule has 1 aliphatic rings. The number of likely N-dealkylation sites (N-methyl/N-ethyl adjacent to an activating group) is 1. The number of hydrogen-bond acceptors (Lipinski definition) is 12. The van der Waals surface area contributed by atoms with Crippen LogP contribution in [0.15, 0.2) is 61.1 Å². The molecule has 2 heterocycles. The van der Waals surface area contributed by atoms with Crippen molar-refractivity contribution >= 4 is 29.2 Å². The molecule has 0 saturated heterocycles. The van der Waals surface area contributed by atoms with Gasteiger partial charge in [0.2, 0.25) is 0 Å². The third-order valence-electron chi connectivity index (χ3n) is 8.85. The van der Waals surface area contributed by atoms with Crippen LogP contribution in [-0.4, -0.2) is 110 Å². The maximum atomic E-state index is 13.4.